The lowest BCUT2D eigenvalue weighted by molar-refractivity contribution is -0.123. The molecule has 0 aliphatic rings. The van der Waals surface area contributed by atoms with Crippen molar-refractivity contribution in [2.24, 2.45) is 5.92 Å². The van der Waals surface area contributed by atoms with Gasteiger partial charge in [0, 0.05) is 12.2 Å². The average Bonchev–Trinajstić information content (AvgIpc) is 2.33. The second-order valence-corrected chi connectivity index (χ2v) is 3.71. The van der Waals surface area contributed by atoms with Crippen LogP contribution >= 0.6 is 0 Å². The molecule has 3 nitrogen and oxygen atoms in total. The van der Waals surface area contributed by atoms with Crippen molar-refractivity contribution in [1.82, 2.24) is 0 Å². The number of carbonyl (C=O) groups is 1. The van der Waals surface area contributed by atoms with Crippen LogP contribution < -0.4 is 4.90 Å². The van der Waals surface area contributed by atoms with Crippen molar-refractivity contribution in [1.29, 1.82) is 0 Å². The third kappa shape index (κ3) is 2.83. The van der Waals surface area contributed by atoms with Gasteiger partial charge in [0.2, 0.25) is 5.91 Å². The van der Waals surface area contributed by atoms with Crippen LogP contribution in [0.2, 0.25) is 0 Å². The van der Waals surface area contributed by atoms with E-state index >= 15 is 0 Å². The maximum atomic E-state index is 12.1. The van der Waals surface area contributed by atoms with Gasteiger partial charge >= 0.3 is 0 Å². The summed E-state index contributed by atoms with van der Waals surface area (Å²) < 4.78 is 0. The lowest BCUT2D eigenvalue weighted by Gasteiger charge is -2.24. The highest BCUT2D eigenvalue weighted by atomic mass is 16.3. The molecule has 0 aliphatic carbocycles. The Labute approximate surface area is 96.7 Å². The Balaban J connectivity index is 2.86. The summed E-state index contributed by atoms with van der Waals surface area (Å²) in [6.45, 7) is 4.39. The van der Waals surface area contributed by atoms with E-state index in [9.17, 15) is 4.79 Å². The Kier molecular flexibility index (Phi) is 4.99. The maximum absolute atomic E-state index is 12.1. The van der Waals surface area contributed by atoms with E-state index in [2.05, 4.69) is 0 Å². The number of hydrogen-bond acceptors (Lipinski definition) is 2. The van der Waals surface area contributed by atoms with E-state index in [-0.39, 0.29) is 18.4 Å². The van der Waals surface area contributed by atoms with E-state index in [0.717, 1.165) is 5.69 Å². The number of anilines is 1. The Bertz CT molecular complexity index is 320. The second kappa shape index (κ2) is 6.28. The van der Waals surface area contributed by atoms with Gasteiger partial charge in [0.05, 0.1) is 12.5 Å². The molecule has 1 aromatic rings. The van der Waals surface area contributed by atoms with Gasteiger partial charge in [0.1, 0.15) is 0 Å². The minimum atomic E-state index is -0.292. The molecule has 0 spiro atoms. The molecule has 3 heteroatoms. The number of amides is 1. The first-order valence-electron chi connectivity index (χ1n) is 5.71. The minimum absolute atomic E-state index is 0.00120. The molecule has 0 heterocycles. The summed E-state index contributed by atoms with van der Waals surface area (Å²) in [4.78, 5) is 13.8. The van der Waals surface area contributed by atoms with Gasteiger partial charge in [-0.1, -0.05) is 25.1 Å². The molecule has 0 aliphatic heterocycles. The molecule has 0 bridgehead atoms. The highest BCUT2D eigenvalue weighted by Crippen LogP contribution is 2.17. The first kappa shape index (κ1) is 12.7. The van der Waals surface area contributed by atoms with Crippen LogP contribution in [0, 0.1) is 5.92 Å². The molecule has 16 heavy (non-hydrogen) atoms. The second-order valence-electron chi connectivity index (χ2n) is 3.71. The van der Waals surface area contributed by atoms with Crippen molar-refractivity contribution in [3.8, 4) is 0 Å². The van der Waals surface area contributed by atoms with Gasteiger partial charge in [-0.3, -0.25) is 4.79 Å². The number of nitrogens with zero attached hydrogens (tertiary/aromatic N) is 1. The molecule has 1 aromatic carbocycles. The van der Waals surface area contributed by atoms with E-state index in [4.69, 9.17) is 5.11 Å². The van der Waals surface area contributed by atoms with E-state index in [1.54, 1.807) is 4.90 Å². The van der Waals surface area contributed by atoms with Crippen molar-refractivity contribution < 1.29 is 9.90 Å². The summed E-state index contributed by atoms with van der Waals surface area (Å²) in [5.74, 6) is -0.293. The van der Waals surface area contributed by atoms with Crippen molar-refractivity contribution in [3.05, 3.63) is 30.3 Å². The first-order chi connectivity index (χ1) is 7.74. The molecular formula is C13H19NO2. The summed E-state index contributed by atoms with van der Waals surface area (Å²) in [5, 5.41) is 9.14. The normalized spacial score (nSPS) is 12.2. The van der Waals surface area contributed by atoms with Crippen LogP contribution in [0.5, 0.6) is 0 Å². The molecular weight excluding hydrogens is 202 g/mol. The minimum Gasteiger partial charge on any atom is -0.396 e. The van der Waals surface area contributed by atoms with Crippen LogP contribution in [-0.4, -0.2) is 24.2 Å². The lowest BCUT2D eigenvalue weighted by atomic mass is 10.1. The van der Waals surface area contributed by atoms with E-state index in [1.165, 1.54) is 0 Å². The SMILES string of the molecule is CCC(CO)C(=O)N(CC)c1ccccc1. The van der Waals surface area contributed by atoms with Crippen LogP contribution in [0.3, 0.4) is 0 Å². The van der Waals surface area contributed by atoms with Gasteiger partial charge in [0.15, 0.2) is 0 Å². The third-order valence-corrected chi connectivity index (χ3v) is 2.71. The quantitative estimate of drug-likeness (QED) is 0.826. The molecule has 1 rings (SSSR count). The fourth-order valence-corrected chi connectivity index (χ4v) is 1.68. The van der Waals surface area contributed by atoms with Gasteiger partial charge in [-0.05, 0) is 25.5 Å². The van der Waals surface area contributed by atoms with Crippen molar-refractivity contribution in [2.45, 2.75) is 20.3 Å². The lowest BCUT2D eigenvalue weighted by Crippen LogP contribution is -2.37. The number of aliphatic hydroxyl groups is 1. The standard InChI is InChI=1S/C13H19NO2/c1-3-11(10-15)13(16)14(4-2)12-8-6-5-7-9-12/h5-9,11,15H,3-4,10H2,1-2H3. The predicted octanol–water partition coefficient (Wildman–Crippen LogP) is 2.06. The van der Waals surface area contributed by atoms with Gasteiger partial charge < -0.3 is 10.0 Å². The summed E-state index contributed by atoms with van der Waals surface area (Å²) in [6.07, 6.45) is 0.665. The number of benzene rings is 1. The summed E-state index contributed by atoms with van der Waals surface area (Å²) in [6, 6.07) is 9.55. The van der Waals surface area contributed by atoms with E-state index in [0.29, 0.717) is 13.0 Å². The van der Waals surface area contributed by atoms with Gasteiger partial charge in [0.25, 0.3) is 0 Å². The van der Waals surface area contributed by atoms with Crippen LogP contribution in [0.4, 0.5) is 5.69 Å². The highest BCUT2D eigenvalue weighted by molar-refractivity contribution is 5.95. The monoisotopic (exact) mass is 221 g/mol. The molecule has 1 unspecified atom stereocenters. The molecule has 0 fully saturated rings. The molecule has 0 saturated carbocycles. The smallest absolute Gasteiger partial charge is 0.232 e. The Morgan fingerprint density at radius 3 is 2.38 bits per heavy atom. The van der Waals surface area contributed by atoms with Crippen LogP contribution in [0.15, 0.2) is 30.3 Å². The molecule has 1 N–H and O–H groups in total. The number of carbonyl (C=O) groups excluding carboxylic acids is 1. The van der Waals surface area contributed by atoms with Gasteiger partial charge in [-0.15, -0.1) is 0 Å². The average molecular weight is 221 g/mol. The fourth-order valence-electron chi connectivity index (χ4n) is 1.68. The van der Waals surface area contributed by atoms with E-state index in [1.807, 2.05) is 44.2 Å². The van der Waals surface area contributed by atoms with E-state index < -0.39 is 0 Å². The topological polar surface area (TPSA) is 40.5 Å². The number of rotatable bonds is 5. The van der Waals surface area contributed by atoms with Crippen LogP contribution in [0.1, 0.15) is 20.3 Å². The van der Waals surface area contributed by atoms with Gasteiger partial charge in [-0.2, -0.15) is 0 Å². The Hall–Kier alpha value is -1.35. The zero-order valence-corrected chi connectivity index (χ0v) is 9.89. The first-order valence-corrected chi connectivity index (χ1v) is 5.71. The largest absolute Gasteiger partial charge is 0.396 e. The zero-order valence-electron chi connectivity index (χ0n) is 9.89. The predicted molar refractivity (Wildman–Crippen MR) is 65.3 cm³/mol. The number of para-hydroxylation sites is 1. The highest BCUT2D eigenvalue weighted by Gasteiger charge is 2.21. The Morgan fingerprint density at radius 1 is 1.31 bits per heavy atom. The zero-order chi connectivity index (χ0) is 12.0. The summed E-state index contributed by atoms with van der Waals surface area (Å²) in [7, 11) is 0. The van der Waals surface area contributed by atoms with Gasteiger partial charge in [-0.25, -0.2) is 0 Å². The molecule has 0 aromatic heterocycles. The van der Waals surface area contributed by atoms with Crippen molar-refractivity contribution in [3.63, 3.8) is 0 Å². The fraction of sp³-hybridized carbons (Fsp3) is 0.462. The van der Waals surface area contributed by atoms with Crippen LogP contribution in [0.25, 0.3) is 0 Å². The van der Waals surface area contributed by atoms with Crippen molar-refractivity contribution >= 4 is 11.6 Å². The molecule has 1 atom stereocenters. The Morgan fingerprint density at radius 2 is 1.94 bits per heavy atom. The summed E-state index contributed by atoms with van der Waals surface area (Å²) in [5.41, 5.74) is 0.891. The third-order valence-electron chi connectivity index (χ3n) is 2.71. The van der Waals surface area contributed by atoms with Crippen molar-refractivity contribution in [2.75, 3.05) is 18.1 Å². The van der Waals surface area contributed by atoms with Crippen LogP contribution in [-0.2, 0) is 4.79 Å². The molecule has 0 radical (unpaired) electrons. The number of hydrogen-bond donors (Lipinski definition) is 1. The molecule has 1 amide bonds. The summed E-state index contributed by atoms with van der Waals surface area (Å²) >= 11 is 0. The molecule has 0 saturated heterocycles. The maximum Gasteiger partial charge on any atom is 0.232 e. The molecule has 88 valence electrons. The number of aliphatic hydroxyl groups excluding tert-OH is 1.